The number of sulfonamides is 1. The van der Waals surface area contributed by atoms with Crippen molar-refractivity contribution in [3.63, 3.8) is 0 Å². The molecule has 1 aromatic heterocycles. The lowest BCUT2D eigenvalue weighted by Gasteiger charge is -2.52. The van der Waals surface area contributed by atoms with Crippen LogP contribution in [0.3, 0.4) is 0 Å². The summed E-state index contributed by atoms with van der Waals surface area (Å²) in [5.74, 6) is -0.504. The molecule has 0 saturated carbocycles. The number of hydrogen-bond acceptors (Lipinski definition) is 7. The Balaban J connectivity index is 0.00000323. The number of hydrogen-bond donors (Lipinski definition) is 3. The normalized spacial score (nSPS) is 19.6. The van der Waals surface area contributed by atoms with Gasteiger partial charge in [0.2, 0.25) is 21.8 Å². The molecule has 2 aliphatic rings. The van der Waals surface area contributed by atoms with Crippen LogP contribution in [-0.4, -0.2) is 89.3 Å². The molecule has 4 rings (SSSR count). The highest BCUT2D eigenvalue weighted by atomic mass is 35.5. The van der Waals surface area contributed by atoms with Crippen LogP contribution in [0.15, 0.2) is 29.2 Å². The predicted octanol–water partition coefficient (Wildman–Crippen LogP) is 2.72. The fourth-order valence-corrected chi connectivity index (χ4v) is 6.67. The van der Waals surface area contributed by atoms with E-state index >= 15 is 0 Å². The molecule has 3 heterocycles. The number of carbonyl (C=O) groups excluding carboxylic acids is 2. The van der Waals surface area contributed by atoms with Crippen LogP contribution < -0.4 is 10.0 Å². The lowest BCUT2D eigenvalue weighted by Crippen LogP contribution is -2.74. The Morgan fingerprint density at radius 2 is 1.72 bits per heavy atom. The van der Waals surface area contributed by atoms with E-state index in [1.807, 2.05) is 32.4 Å². The number of aryl methyl sites for hydroxylation is 1. The van der Waals surface area contributed by atoms with Crippen molar-refractivity contribution in [2.75, 3.05) is 26.7 Å². The molecular formula is C29H46Cl2N6O5S. The van der Waals surface area contributed by atoms with Gasteiger partial charge in [-0.15, -0.1) is 24.8 Å². The van der Waals surface area contributed by atoms with Crippen molar-refractivity contribution in [1.82, 2.24) is 29.6 Å². The topological polar surface area (TPSA) is 137 Å². The number of halogens is 2. The van der Waals surface area contributed by atoms with Gasteiger partial charge >= 0.3 is 0 Å². The first-order valence-corrected chi connectivity index (χ1v) is 16.0. The zero-order valence-corrected chi connectivity index (χ0v) is 28.2. The molecule has 0 radical (unpaired) electrons. The second-order valence-electron chi connectivity index (χ2n) is 11.6. The summed E-state index contributed by atoms with van der Waals surface area (Å²) in [5.41, 5.74) is 2.80. The highest BCUT2D eigenvalue weighted by Gasteiger charge is 2.54. The number of piperidine rings is 1. The van der Waals surface area contributed by atoms with Gasteiger partial charge in [-0.1, -0.05) is 27.2 Å². The average molecular weight is 662 g/mol. The number of piperazine rings is 1. The summed E-state index contributed by atoms with van der Waals surface area (Å²) < 4.78 is 28.3. The number of likely N-dealkylation sites (tertiary alicyclic amines) is 1. The molecule has 2 aromatic rings. The van der Waals surface area contributed by atoms with Crippen LogP contribution in [0.4, 0.5) is 0 Å². The molecule has 2 atom stereocenters. The van der Waals surface area contributed by atoms with Crippen molar-refractivity contribution in [1.29, 1.82) is 0 Å². The largest absolute Gasteiger partial charge is 0.390 e. The molecule has 11 nitrogen and oxygen atoms in total. The van der Waals surface area contributed by atoms with E-state index in [0.717, 1.165) is 35.5 Å². The van der Waals surface area contributed by atoms with E-state index in [1.165, 1.54) is 7.05 Å². The van der Waals surface area contributed by atoms with Gasteiger partial charge < -0.3 is 15.3 Å². The van der Waals surface area contributed by atoms with Gasteiger partial charge in [-0.05, 0) is 70.3 Å². The summed E-state index contributed by atoms with van der Waals surface area (Å²) in [7, 11) is -2.14. The fourth-order valence-electron chi connectivity index (χ4n) is 5.94. The number of unbranched alkanes of at least 4 members (excludes halogenated alkanes) is 1. The fraction of sp³-hybridized carbons (Fsp3) is 0.621. The van der Waals surface area contributed by atoms with Crippen LogP contribution in [-0.2, 0) is 26.2 Å². The van der Waals surface area contributed by atoms with E-state index < -0.39 is 27.7 Å². The lowest BCUT2D eigenvalue weighted by molar-refractivity contribution is -0.165. The van der Waals surface area contributed by atoms with Gasteiger partial charge in [0, 0.05) is 37.4 Å². The number of carbonyl (C=O) groups is 2. The van der Waals surface area contributed by atoms with Gasteiger partial charge in [-0.25, -0.2) is 17.8 Å². The minimum atomic E-state index is -3.52. The monoisotopic (exact) mass is 660 g/mol. The van der Waals surface area contributed by atoms with Crippen molar-refractivity contribution >= 4 is 46.7 Å². The number of nitrogens with one attached hydrogen (secondary N) is 2. The second-order valence-corrected chi connectivity index (χ2v) is 13.5. The summed E-state index contributed by atoms with van der Waals surface area (Å²) in [6, 6.07) is 5.70. The number of benzene rings is 1. The summed E-state index contributed by atoms with van der Waals surface area (Å²) in [5, 5.41) is 18.3. The van der Waals surface area contributed by atoms with Crippen molar-refractivity contribution < 1.29 is 23.1 Å². The number of aliphatic hydroxyl groups is 1. The molecule has 2 fully saturated rings. The summed E-state index contributed by atoms with van der Waals surface area (Å²) in [6.07, 6.45) is 1.81. The number of nitrogens with zero attached hydrogens (tertiary/aromatic N) is 4. The lowest BCUT2D eigenvalue weighted by atomic mass is 9.80. The third-order valence-corrected chi connectivity index (χ3v) is 10.1. The molecule has 2 saturated heterocycles. The van der Waals surface area contributed by atoms with Crippen LogP contribution in [0.5, 0.6) is 0 Å². The van der Waals surface area contributed by atoms with Crippen LogP contribution in [0.1, 0.15) is 63.4 Å². The Bertz CT molecular complexity index is 1370. The van der Waals surface area contributed by atoms with E-state index in [1.54, 1.807) is 29.2 Å². The van der Waals surface area contributed by atoms with Gasteiger partial charge in [0.05, 0.1) is 22.4 Å². The van der Waals surface area contributed by atoms with Crippen LogP contribution in [0.2, 0.25) is 0 Å². The molecule has 1 aromatic carbocycles. The summed E-state index contributed by atoms with van der Waals surface area (Å²) >= 11 is 0. The van der Waals surface area contributed by atoms with E-state index in [4.69, 9.17) is 5.10 Å². The van der Waals surface area contributed by atoms with Gasteiger partial charge in [0.15, 0.2) is 0 Å². The Morgan fingerprint density at radius 1 is 1.12 bits per heavy atom. The van der Waals surface area contributed by atoms with Crippen LogP contribution >= 0.6 is 24.8 Å². The molecule has 242 valence electrons. The van der Waals surface area contributed by atoms with Gasteiger partial charge in [0.25, 0.3) is 0 Å². The third kappa shape index (κ3) is 7.20. The van der Waals surface area contributed by atoms with Crippen LogP contribution in [0, 0.1) is 19.8 Å². The predicted molar refractivity (Wildman–Crippen MR) is 170 cm³/mol. The van der Waals surface area contributed by atoms with Crippen molar-refractivity contribution in [2.45, 2.75) is 89.4 Å². The molecule has 3 N–H and O–H groups in total. The summed E-state index contributed by atoms with van der Waals surface area (Å²) in [6.45, 7) is 12.2. The first-order chi connectivity index (χ1) is 19.4. The molecule has 43 heavy (non-hydrogen) atoms. The Kier molecular flexibility index (Phi) is 12.6. The minimum absolute atomic E-state index is 0. The van der Waals surface area contributed by atoms with E-state index in [-0.39, 0.29) is 47.4 Å². The molecule has 0 bridgehead atoms. The van der Waals surface area contributed by atoms with Gasteiger partial charge in [-0.3, -0.25) is 14.5 Å². The number of aromatic nitrogens is 2. The maximum atomic E-state index is 13.6. The Morgan fingerprint density at radius 3 is 2.26 bits per heavy atom. The SMILES string of the molecule is CCCCN1C(=O)[C@@H]([C@H](O)C(C)C)NC(=O)C12CCN(Cc1c(C)nn(-c3ccc(S(=O)(=O)NC)cc3)c1C)CC2.Cl.Cl. The molecule has 2 aliphatic heterocycles. The highest BCUT2D eigenvalue weighted by Crippen LogP contribution is 2.35. The zero-order chi connectivity index (χ0) is 30.1. The summed E-state index contributed by atoms with van der Waals surface area (Å²) in [4.78, 5) is 31.4. The van der Waals surface area contributed by atoms with Gasteiger partial charge in [0.1, 0.15) is 11.6 Å². The number of aliphatic hydroxyl groups excluding tert-OH is 1. The van der Waals surface area contributed by atoms with Crippen molar-refractivity contribution in [3.05, 3.63) is 41.2 Å². The molecule has 1 spiro atoms. The average Bonchev–Trinajstić information content (AvgIpc) is 3.24. The second kappa shape index (κ2) is 14.7. The molecular weight excluding hydrogens is 615 g/mol. The minimum Gasteiger partial charge on any atom is -0.390 e. The molecule has 0 unspecified atom stereocenters. The first-order valence-electron chi connectivity index (χ1n) is 14.5. The maximum Gasteiger partial charge on any atom is 0.248 e. The third-order valence-electron chi connectivity index (χ3n) is 8.68. The van der Waals surface area contributed by atoms with E-state index in [0.29, 0.717) is 39.0 Å². The van der Waals surface area contributed by atoms with Crippen LogP contribution in [0.25, 0.3) is 5.69 Å². The number of amides is 2. The first kappa shape index (κ1) is 37.0. The van der Waals surface area contributed by atoms with E-state index in [9.17, 15) is 23.1 Å². The Labute approximate surface area is 267 Å². The molecule has 14 heteroatoms. The van der Waals surface area contributed by atoms with Crippen molar-refractivity contribution in [2.24, 2.45) is 5.92 Å². The molecule has 0 aliphatic carbocycles. The number of rotatable bonds is 10. The smallest absolute Gasteiger partial charge is 0.248 e. The van der Waals surface area contributed by atoms with Crippen molar-refractivity contribution in [3.8, 4) is 5.69 Å². The van der Waals surface area contributed by atoms with Gasteiger partial charge in [-0.2, -0.15) is 5.10 Å². The standard InChI is InChI=1S/C29H44N6O5S.2ClH/c1-7-8-15-34-27(37)25(26(36)19(2)3)31-28(38)29(34)13-16-33(17-14-29)18-24-20(4)32-35(21(24)5)22-9-11-23(12-10-22)41(39,40)30-6;;/h9-12,19,25-26,30,36H,7-8,13-18H2,1-6H3,(H,31,38);2*1H/t25-,26-;;/m1../s1. The van der Waals surface area contributed by atoms with E-state index in [2.05, 4.69) is 21.9 Å². The maximum absolute atomic E-state index is 13.6. The quantitative estimate of drug-likeness (QED) is 0.356. The Hall–Kier alpha value is -2.22. The zero-order valence-electron chi connectivity index (χ0n) is 25.8. The highest BCUT2D eigenvalue weighted by molar-refractivity contribution is 7.89. The molecule has 2 amide bonds.